The SMILES string of the molecule is O=C(CN1CCC(N2C(=O)OCc3ccccc32)CC1)Nc1cccc2c1-c1ccccc1C2O. The maximum absolute atomic E-state index is 13.0. The number of aliphatic hydroxyl groups excluding tert-OH is 1. The minimum Gasteiger partial charge on any atom is -0.444 e. The van der Waals surface area contributed by atoms with Crippen LogP contribution in [0.2, 0.25) is 0 Å². The van der Waals surface area contributed by atoms with Gasteiger partial charge in [0.2, 0.25) is 5.91 Å². The second-order valence-corrected chi connectivity index (χ2v) is 9.37. The molecule has 2 heterocycles. The van der Waals surface area contributed by atoms with E-state index in [0.717, 1.165) is 65.1 Å². The van der Waals surface area contributed by atoms with Crippen LogP contribution in [-0.2, 0) is 16.1 Å². The van der Waals surface area contributed by atoms with Gasteiger partial charge in [0.1, 0.15) is 12.7 Å². The van der Waals surface area contributed by atoms with Crippen molar-refractivity contribution in [2.45, 2.75) is 31.6 Å². The molecule has 0 saturated carbocycles. The smallest absolute Gasteiger partial charge is 0.414 e. The van der Waals surface area contributed by atoms with Gasteiger partial charge in [0.25, 0.3) is 0 Å². The third-order valence-electron chi connectivity index (χ3n) is 7.28. The summed E-state index contributed by atoms with van der Waals surface area (Å²) in [5.41, 5.74) is 6.21. The van der Waals surface area contributed by atoms with E-state index in [1.807, 2.05) is 66.7 Å². The lowest BCUT2D eigenvalue weighted by Gasteiger charge is -2.40. The Morgan fingerprint density at radius 3 is 2.57 bits per heavy atom. The van der Waals surface area contributed by atoms with E-state index < -0.39 is 6.10 Å². The second-order valence-electron chi connectivity index (χ2n) is 9.37. The Balaban J connectivity index is 1.11. The lowest BCUT2D eigenvalue weighted by atomic mass is 10.0. The summed E-state index contributed by atoms with van der Waals surface area (Å²) in [4.78, 5) is 29.4. The van der Waals surface area contributed by atoms with Gasteiger partial charge >= 0.3 is 6.09 Å². The van der Waals surface area contributed by atoms with Gasteiger partial charge in [-0.25, -0.2) is 4.79 Å². The zero-order valence-electron chi connectivity index (χ0n) is 19.3. The van der Waals surface area contributed by atoms with Crippen molar-refractivity contribution in [1.82, 2.24) is 4.90 Å². The molecule has 6 rings (SSSR count). The summed E-state index contributed by atoms with van der Waals surface area (Å²) in [7, 11) is 0. The number of carbonyl (C=O) groups is 2. The van der Waals surface area contributed by atoms with Crippen LogP contribution >= 0.6 is 0 Å². The summed E-state index contributed by atoms with van der Waals surface area (Å²) >= 11 is 0. The molecule has 3 aliphatic rings. The summed E-state index contributed by atoms with van der Waals surface area (Å²) in [5, 5.41) is 13.8. The molecule has 1 aliphatic carbocycles. The molecule has 1 saturated heterocycles. The predicted octanol–water partition coefficient (Wildman–Crippen LogP) is 4.31. The van der Waals surface area contributed by atoms with Crippen molar-refractivity contribution >= 4 is 23.4 Å². The van der Waals surface area contributed by atoms with E-state index in [1.54, 1.807) is 4.90 Å². The van der Waals surface area contributed by atoms with Gasteiger partial charge in [-0.05, 0) is 41.7 Å². The molecule has 1 unspecified atom stereocenters. The molecular formula is C28H27N3O4. The molecule has 7 nitrogen and oxygen atoms in total. The Hall–Kier alpha value is -3.68. The number of fused-ring (bicyclic) bond motifs is 4. The Morgan fingerprint density at radius 1 is 0.971 bits per heavy atom. The maximum Gasteiger partial charge on any atom is 0.414 e. The second kappa shape index (κ2) is 8.83. The first-order chi connectivity index (χ1) is 17.1. The number of amides is 2. The van der Waals surface area contributed by atoms with Crippen molar-refractivity contribution in [2.75, 3.05) is 29.9 Å². The molecule has 0 aromatic heterocycles. The lowest BCUT2D eigenvalue weighted by molar-refractivity contribution is -0.117. The van der Waals surface area contributed by atoms with Crippen LogP contribution in [0.3, 0.4) is 0 Å². The first-order valence-corrected chi connectivity index (χ1v) is 12.1. The number of hydrogen-bond acceptors (Lipinski definition) is 5. The highest BCUT2D eigenvalue weighted by atomic mass is 16.6. The van der Waals surface area contributed by atoms with Crippen molar-refractivity contribution < 1.29 is 19.4 Å². The number of anilines is 2. The highest BCUT2D eigenvalue weighted by Gasteiger charge is 2.34. The quantitative estimate of drug-likeness (QED) is 0.595. The van der Waals surface area contributed by atoms with Crippen LogP contribution in [0.4, 0.5) is 16.2 Å². The third kappa shape index (κ3) is 3.87. The molecule has 0 radical (unpaired) electrons. The van der Waals surface area contributed by atoms with E-state index >= 15 is 0 Å². The molecule has 35 heavy (non-hydrogen) atoms. The highest BCUT2D eigenvalue weighted by Crippen LogP contribution is 2.46. The number of likely N-dealkylation sites (tertiary alicyclic amines) is 1. The molecule has 2 aliphatic heterocycles. The largest absolute Gasteiger partial charge is 0.444 e. The Bertz CT molecular complexity index is 1300. The summed E-state index contributed by atoms with van der Waals surface area (Å²) in [6, 6.07) is 21.3. The Labute approximate surface area is 203 Å². The monoisotopic (exact) mass is 469 g/mol. The van der Waals surface area contributed by atoms with E-state index in [9.17, 15) is 14.7 Å². The number of nitrogens with zero attached hydrogens (tertiary/aromatic N) is 2. The first kappa shape index (κ1) is 21.8. The van der Waals surface area contributed by atoms with Crippen molar-refractivity contribution in [3.05, 3.63) is 83.4 Å². The van der Waals surface area contributed by atoms with Gasteiger partial charge in [-0.1, -0.05) is 54.6 Å². The minimum atomic E-state index is -0.677. The molecule has 2 amide bonds. The van der Waals surface area contributed by atoms with Gasteiger partial charge in [0.15, 0.2) is 0 Å². The molecule has 2 N–H and O–H groups in total. The minimum absolute atomic E-state index is 0.0543. The van der Waals surface area contributed by atoms with E-state index in [-0.39, 0.29) is 24.6 Å². The number of rotatable bonds is 4. The molecule has 1 fully saturated rings. The van der Waals surface area contributed by atoms with Crippen LogP contribution in [0.25, 0.3) is 11.1 Å². The molecule has 178 valence electrons. The number of cyclic esters (lactones) is 1. The molecular weight excluding hydrogens is 442 g/mol. The van der Waals surface area contributed by atoms with E-state index in [0.29, 0.717) is 6.61 Å². The van der Waals surface area contributed by atoms with E-state index in [2.05, 4.69) is 10.2 Å². The average Bonchev–Trinajstić information content (AvgIpc) is 3.18. The molecule has 7 heteroatoms. The fourth-order valence-corrected chi connectivity index (χ4v) is 5.58. The first-order valence-electron chi connectivity index (χ1n) is 12.1. The third-order valence-corrected chi connectivity index (χ3v) is 7.28. The van der Waals surface area contributed by atoms with Crippen LogP contribution < -0.4 is 10.2 Å². The zero-order chi connectivity index (χ0) is 23.9. The van der Waals surface area contributed by atoms with Crippen molar-refractivity contribution in [3.8, 4) is 11.1 Å². The van der Waals surface area contributed by atoms with Crippen LogP contribution in [0.5, 0.6) is 0 Å². The average molecular weight is 470 g/mol. The molecule has 3 aromatic rings. The number of aliphatic hydroxyl groups is 1. The van der Waals surface area contributed by atoms with Gasteiger partial charge in [-0.15, -0.1) is 0 Å². The van der Waals surface area contributed by atoms with Crippen molar-refractivity contribution in [2.24, 2.45) is 0 Å². The lowest BCUT2D eigenvalue weighted by Crippen LogP contribution is -2.50. The number of nitrogens with one attached hydrogen (secondary N) is 1. The molecule has 0 spiro atoms. The van der Waals surface area contributed by atoms with Crippen LogP contribution in [0.1, 0.15) is 35.6 Å². The van der Waals surface area contributed by atoms with Gasteiger partial charge < -0.3 is 15.2 Å². The van der Waals surface area contributed by atoms with Gasteiger partial charge in [-0.3, -0.25) is 14.6 Å². The number of hydrogen-bond donors (Lipinski definition) is 2. The number of piperidine rings is 1. The topological polar surface area (TPSA) is 82.1 Å². The van der Waals surface area contributed by atoms with Crippen molar-refractivity contribution in [1.29, 1.82) is 0 Å². The summed E-state index contributed by atoms with van der Waals surface area (Å²) < 4.78 is 5.39. The summed E-state index contributed by atoms with van der Waals surface area (Å²) in [5.74, 6) is -0.0848. The van der Waals surface area contributed by atoms with E-state index in [1.165, 1.54) is 0 Å². The normalized spacial score (nSPS) is 19.5. The van der Waals surface area contributed by atoms with E-state index in [4.69, 9.17) is 4.74 Å². The fourth-order valence-electron chi connectivity index (χ4n) is 5.58. The number of para-hydroxylation sites is 1. The van der Waals surface area contributed by atoms with Crippen LogP contribution in [-0.4, -0.2) is 47.7 Å². The van der Waals surface area contributed by atoms with Crippen LogP contribution in [0.15, 0.2) is 66.7 Å². The van der Waals surface area contributed by atoms with Gasteiger partial charge in [-0.2, -0.15) is 0 Å². The Kier molecular flexibility index (Phi) is 5.51. The highest BCUT2D eigenvalue weighted by molar-refractivity contribution is 5.99. The number of benzene rings is 3. The van der Waals surface area contributed by atoms with Crippen LogP contribution in [0, 0.1) is 0 Å². The fraction of sp³-hybridized carbons (Fsp3) is 0.286. The summed E-state index contributed by atoms with van der Waals surface area (Å²) in [6.45, 7) is 2.04. The van der Waals surface area contributed by atoms with Gasteiger partial charge in [0.05, 0.1) is 12.2 Å². The zero-order valence-corrected chi connectivity index (χ0v) is 19.3. The predicted molar refractivity (Wildman–Crippen MR) is 133 cm³/mol. The molecule has 1 atom stereocenters. The standard InChI is InChI=1S/C28H27N3O4/c32-25(29-23-10-5-9-22-26(23)20-7-2-3-8-21(20)27(22)33)16-30-14-12-19(13-15-30)31-24-11-4-1-6-18(24)17-35-28(31)34/h1-11,19,27,33H,12-17H2,(H,29,32). The molecule has 3 aromatic carbocycles. The Morgan fingerprint density at radius 2 is 1.71 bits per heavy atom. The number of carbonyl (C=O) groups excluding carboxylic acids is 2. The van der Waals surface area contributed by atoms with Crippen molar-refractivity contribution in [3.63, 3.8) is 0 Å². The summed E-state index contributed by atoms with van der Waals surface area (Å²) in [6.07, 6.45) is 0.581. The van der Waals surface area contributed by atoms with Gasteiger partial charge in [0, 0.05) is 35.9 Å². The number of ether oxygens (including phenoxy) is 1. The maximum atomic E-state index is 13.0. The molecule has 0 bridgehead atoms.